The van der Waals surface area contributed by atoms with Crippen LogP contribution in [0.4, 0.5) is 0 Å². The van der Waals surface area contributed by atoms with E-state index in [9.17, 15) is 4.79 Å². The summed E-state index contributed by atoms with van der Waals surface area (Å²) < 4.78 is 13.5. The molecule has 0 saturated heterocycles. The molecule has 2 aromatic carbocycles. The van der Waals surface area contributed by atoms with Gasteiger partial charge in [0.1, 0.15) is 18.1 Å². The molecule has 4 heteroatoms. The zero-order valence-electron chi connectivity index (χ0n) is 14.9. The fraction of sp³-hybridized carbons (Fsp3) is 0.286. The second kappa shape index (κ2) is 7.43. The lowest BCUT2D eigenvalue weighted by Crippen LogP contribution is -2.08. The quantitative estimate of drug-likeness (QED) is 0.586. The number of aromatic nitrogens is 1. The van der Waals surface area contributed by atoms with Gasteiger partial charge in [0.2, 0.25) is 0 Å². The van der Waals surface area contributed by atoms with E-state index in [1.807, 2.05) is 68.6 Å². The van der Waals surface area contributed by atoms with Gasteiger partial charge < -0.3 is 14.0 Å². The maximum absolute atomic E-state index is 11.8. The number of hydrogen-bond donors (Lipinski definition) is 0. The first kappa shape index (κ1) is 17.1. The number of ether oxygens (including phenoxy) is 2. The fourth-order valence-electron chi connectivity index (χ4n) is 2.86. The van der Waals surface area contributed by atoms with Crippen molar-refractivity contribution < 1.29 is 14.3 Å². The van der Waals surface area contributed by atoms with Crippen molar-refractivity contribution in [2.75, 3.05) is 6.61 Å². The van der Waals surface area contributed by atoms with E-state index in [2.05, 4.69) is 4.57 Å². The number of nitrogens with zero attached hydrogens (tertiary/aromatic N) is 1. The van der Waals surface area contributed by atoms with E-state index in [4.69, 9.17) is 9.47 Å². The highest BCUT2D eigenvalue weighted by Gasteiger charge is 2.11. The van der Waals surface area contributed by atoms with Crippen LogP contribution < -0.4 is 9.47 Å². The summed E-state index contributed by atoms with van der Waals surface area (Å²) in [7, 11) is 0. The minimum atomic E-state index is 0.0802. The Kier molecular flexibility index (Phi) is 5.08. The molecule has 3 aromatic rings. The number of carbonyl (C=O) groups is 1. The van der Waals surface area contributed by atoms with Gasteiger partial charge in [0.25, 0.3) is 0 Å². The monoisotopic (exact) mass is 337 g/mol. The van der Waals surface area contributed by atoms with Crippen LogP contribution in [-0.2, 0) is 6.54 Å². The van der Waals surface area contributed by atoms with Crippen LogP contribution in [0.5, 0.6) is 11.5 Å². The molecule has 0 amide bonds. The van der Waals surface area contributed by atoms with Crippen LogP contribution in [0.2, 0.25) is 0 Å². The van der Waals surface area contributed by atoms with Crippen molar-refractivity contribution in [2.45, 2.75) is 33.4 Å². The number of ketones is 1. The average molecular weight is 337 g/mol. The molecule has 25 heavy (non-hydrogen) atoms. The zero-order chi connectivity index (χ0) is 17.8. The van der Waals surface area contributed by atoms with Crippen LogP contribution in [0.15, 0.2) is 54.7 Å². The molecule has 130 valence electrons. The number of hydrogen-bond acceptors (Lipinski definition) is 3. The predicted molar refractivity (Wildman–Crippen MR) is 99.6 cm³/mol. The third kappa shape index (κ3) is 4.02. The lowest BCUT2D eigenvalue weighted by molar-refractivity contribution is 0.101. The van der Waals surface area contributed by atoms with Crippen molar-refractivity contribution in [1.82, 2.24) is 4.57 Å². The SMILES string of the molecule is CC(=O)c1cn(CCOc2ccc(OC(C)C)cc2)c2ccccc12. The number of carbonyl (C=O) groups excluding carboxylic acids is 1. The minimum Gasteiger partial charge on any atom is -0.492 e. The van der Waals surface area contributed by atoms with Gasteiger partial charge in [-0.2, -0.15) is 0 Å². The highest BCUT2D eigenvalue weighted by molar-refractivity contribution is 6.06. The summed E-state index contributed by atoms with van der Waals surface area (Å²) in [6.45, 7) is 6.81. The molecule has 0 spiro atoms. The average Bonchev–Trinajstić information content (AvgIpc) is 2.95. The lowest BCUT2D eigenvalue weighted by atomic mass is 10.1. The Hall–Kier alpha value is -2.75. The molecule has 0 N–H and O–H groups in total. The standard InChI is InChI=1S/C21H23NO3/c1-15(2)25-18-10-8-17(9-11-18)24-13-12-22-14-20(16(3)23)19-6-4-5-7-21(19)22/h4-11,14-15H,12-13H2,1-3H3. The van der Waals surface area contributed by atoms with Crippen LogP contribution in [0.3, 0.4) is 0 Å². The lowest BCUT2D eigenvalue weighted by Gasteiger charge is -2.11. The molecule has 0 aliphatic heterocycles. The minimum absolute atomic E-state index is 0.0802. The molecule has 0 radical (unpaired) electrons. The first-order chi connectivity index (χ1) is 12.0. The maximum Gasteiger partial charge on any atom is 0.161 e. The van der Waals surface area contributed by atoms with Crippen molar-refractivity contribution in [3.8, 4) is 11.5 Å². The van der Waals surface area contributed by atoms with E-state index in [1.54, 1.807) is 6.92 Å². The molecular weight excluding hydrogens is 314 g/mol. The number of para-hydroxylation sites is 1. The number of benzene rings is 2. The summed E-state index contributed by atoms with van der Waals surface area (Å²) in [5, 5.41) is 0.991. The van der Waals surface area contributed by atoms with Gasteiger partial charge in [-0.3, -0.25) is 4.79 Å². The molecule has 0 bridgehead atoms. The first-order valence-corrected chi connectivity index (χ1v) is 8.53. The van der Waals surface area contributed by atoms with Crippen molar-refractivity contribution in [3.63, 3.8) is 0 Å². The summed E-state index contributed by atoms with van der Waals surface area (Å²) >= 11 is 0. The fourth-order valence-corrected chi connectivity index (χ4v) is 2.86. The summed E-state index contributed by atoms with van der Waals surface area (Å²) in [6, 6.07) is 15.6. The van der Waals surface area contributed by atoms with Crippen molar-refractivity contribution in [3.05, 3.63) is 60.3 Å². The highest BCUT2D eigenvalue weighted by Crippen LogP contribution is 2.22. The van der Waals surface area contributed by atoms with Gasteiger partial charge in [0, 0.05) is 22.7 Å². The summed E-state index contributed by atoms with van der Waals surface area (Å²) in [4.78, 5) is 11.8. The van der Waals surface area contributed by atoms with Crippen LogP contribution in [-0.4, -0.2) is 23.1 Å². The second-order valence-corrected chi connectivity index (χ2v) is 6.30. The Balaban J connectivity index is 1.66. The largest absolute Gasteiger partial charge is 0.492 e. The van der Waals surface area contributed by atoms with Gasteiger partial charge in [0.15, 0.2) is 5.78 Å². The normalized spacial score (nSPS) is 11.0. The molecule has 1 aromatic heterocycles. The third-order valence-corrected chi connectivity index (χ3v) is 3.96. The molecule has 0 saturated carbocycles. The van der Waals surface area contributed by atoms with Crippen LogP contribution in [0.1, 0.15) is 31.1 Å². The van der Waals surface area contributed by atoms with E-state index >= 15 is 0 Å². The van der Waals surface area contributed by atoms with E-state index in [-0.39, 0.29) is 11.9 Å². The number of Topliss-reactive ketones (excluding diaryl/α,β-unsaturated/α-hetero) is 1. The highest BCUT2D eigenvalue weighted by atomic mass is 16.5. The van der Waals surface area contributed by atoms with E-state index < -0.39 is 0 Å². The van der Waals surface area contributed by atoms with Gasteiger partial charge in [-0.1, -0.05) is 18.2 Å². The summed E-state index contributed by atoms with van der Waals surface area (Å²) in [5.41, 5.74) is 1.81. The smallest absolute Gasteiger partial charge is 0.161 e. The third-order valence-electron chi connectivity index (χ3n) is 3.96. The van der Waals surface area contributed by atoms with Crippen LogP contribution in [0, 0.1) is 0 Å². The van der Waals surface area contributed by atoms with Gasteiger partial charge in [-0.05, 0) is 51.1 Å². The molecule has 4 nitrogen and oxygen atoms in total. The molecule has 0 aliphatic rings. The Morgan fingerprint density at radius 3 is 2.40 bits per heavy atom. The predicted octanol–water partition coefficient (Wildman–Crippen LogP) is 4.71. The van der Waals surface area contributed by atoms with Gasteiger partial charge >= 0.3 is 0 Å². The van der Waals surface area contributed by atoms with Crippen molar-refractivity contribution in [2.24, 2.45) is 0 Å². The first-order valence-electron chi connectivity index (χ1n) is 8.53. The molecule has 0 unspecified atom stereocenters. The van der Waals surface area contributed by atoms with Gasteiger partial charge in [0.05, 0.1) is 12.6 Å². The van der Waals surface area contributed by atoms with Crippen molar-refractivity contribution >= 4 is 16.7 Å². The van der Waals surface area contributed by atoms with Gasteiger partial charge in [-0.15, -0.1) is 0 Å². The maximum atomic E-state index is 11.8. The van der Waals surface area contributed by atoms with E-state index in [0.717, 1.165) is 28.0 Å². The molecule has 1 heterocycles. The van der Waals surface area contributed by atoms with Crippen LogP contribution in [0.25, 0.3) is 10.9 Å². The Morgan fingerprint density at radius 1 is 1.04 bits per heavy atom. The second-order valence-electron chi connectivity index (χ2n) is 6.30. The molecule has 0 fully saturated rings. The molecule has 0 atom stereocenters. The Bertz CT molecular complexity index is 862. The van der Waals surface area contributed by atoms with Gasteiger partial charge in [-0.25, -0.2) is 0 Å². The number of rotatable bonds is 7. The van der Waals surface area contributed by atoms with E-state index in [0.29, 0.717) is 13.2 Å². The molecule has 0 aliphatic carbocycles. The Labute approximate surface area is 148 Å². The molecule has 3 rings (SSSR count). The van der Waals surface area contributed by atoms with E-state index in [1.165, 1.54) is 0 Å². The van der Waals surface area contributed by atoms with Crippen molar-refractivity contribution in [1.29, 1.82) is 0 Å². The number of fused-ring (bicyclic) bond motifs is 1. The molecular formula is C21H23NO3. The summed E-state index contributed by atoms with van der Waals surface area (Å²) in [5.74, 6) is 1.72. The van der Waals surface area contributed by atoms with Crippen LogP contribution >= 0.6 is 0 Å². The topological polar surface area (TPSA) is 40.5 Å². The zero-order valence-corrected chi connectivity index (χ0v) is 14.9. The Morgan fingerprint density at radius 2 is 1.72 bits per heavy atom. The summed E-state index contributed by atoms with van der Waals surface area (Å²) in [6.07, 6.45) is 2.07.